The molecule has 1 aromatic carbocycles. The topological polar surface area (TPSA) is 43.4 Å². The average Bonchev–Trinajstić information content (AvgIpc) is 2.13. The third-order valence-electron chi connectivity index (χ3n) is 1.58. The number of ether oxygens (including phenoxy) is 1. The van der Waals surface area contributed by atoms with Gasteiger partial charge in [-0.25, -0.2) is 8.42 Å². The molecule has 18 heavy (non-hydrogen) atoms. The number of hydrogen-bond donors (Lipinski definition) is 0. The molecule has 1 rings (SSSR count). The van der Waals surface area contributed by atoms with Gasteiger partial charge >= 0.3 is 11.9 Å². The lowest BCUT2D eigenvalue weighted by Crippen LogP contribution is -2.23. The van der Waals surface area contributed by atoms with Gasteiger partial charge in [0.2, 0.25) is 0 Å². The second-order valence-corrected chi connectivity index (χ2v) is 4.84. The zero-order chi connectivity index (χ0) is 14.2. The number of rotatable bonds is 2. The first-order valence-corrected chi connectivity index (χ1v) is 5.50. The molecule has 1 radical (unpaired) electrons. The highest BCUT2D eigenvalue weighted by atomic mass is 32.2. The van der Waals surface area contributed by atoms with Crippen LogP contribution in [0.2, 0.25) is 0 Å². The summed E-state index contributed by atoms with van der Waals surface area (Å²) in [5.74, 6) is -1.10. The first-order valence-electron chi connectivity index (χ1n) is 4.02. The van der Waals surface area contributed by atoms with Crippen LogP contribution in [0.15, 0.2) is 23.1 Å². The first-order chi connectivity index (χ1) is 7.93. The number of benzene rings is 1. The minimum Gasteiger partial charge on any atom is -0.406 e. The third kappa shape index (κ3) is 3.28. The van der Waals surface area contributed by atoms with Gasteiger partial charge in [-0.05, 0) is 24.3 Å². The molecule has 0 saturated carbocycles. The molecule has 0 unspecified atom stereocenters. The van der Waals surface area contributed by atoms with E-state index < -0.39 is 32.4 Å². The maximum Gasteiger partial charge on any atom is 0.573 e. The summed E-state index contributed by atoms with van der Waals surface area (Å²) < 4.78 is 96.8. The summed E-state index contributed by atoms with van der Waals surface area (Å²) in [5.41, 5.74) is -5.61. The van der Waals surface area contributed by atoms with Crippen LogP contribution >= 0.6 is 0 Å². The lowest BCUT2D eigenvalue weighted by molar-refractivity contribution is -0.274. The van der Waals surface area contributed by atoms with Crippen LogP contribution < -0.4 is 4.74 Å². The van der Waals surface area contributed by atoms with E-state index in [1.807, 2.05) is 6.07 Å². The Balaban J connectivity index is 3.19. The molecule has 3 nitrogen and oxygen atoms in total. The van der Waals surface area contributed by atoms with E-state index in [-0.39, 0.29) is 6.07 Å². The second kappa shape index (κ2) is 4.34. The van der Waals surface area contributed by atoms with Gasteiger partial charge in [-0.2, -0.15) is 13.2 Å². The molecule has 0 fully saturated rings. The summed E-state index contributed by atoms with van der Waals surface area (Å²) in [6.45, 7) is 0. The van der Waals surface area contributed by atoms with Gasteiger partial charge in [-0.1, -0.05) is 0 Å². The van der Waals surface area contributed by atoms with E-state index in [9.17, 15) is 34.8 Å². The van der Waals surface area contributed by atoms with Crippen LogP contribution in [0.25, 0.3) is 0 Å². The van der Waals surface area contributed by atoms with E-state index in [0.717, 1.165) is 0 Å². The van der Waals surface area contributed by atoms with Crippen LogP contribution in [-0.4, -0.2) is 20.3 Å². The van der Waals surface area contributed by atoms with Crippen molar-refractivity contribution in [3.8, 4) is 5.75 Å². The molecule has 0 aromatic heterocycles. The van der Waals surface area contributed by atoms with Crippen LogP contribution in [0.3, 0.4) is 0 Å². The van der Waals surface area contributed by atoms with Crippen LogP contribution in [0, 0.1) is 6.07 Å². The van der Waals surface area contributed by atoms with Crippen LogP contribution in [0.5, 0.6) is 5.75 Å². The molecule has 0 N–H and O–H groups in total. The molecule has 0 amide bonds. The summed E-state index contributed by atoms with van der Waals surface area (Å²) in [7, 11) is -5.73. The Bertz CT molecular complexity index is 530. The molecule has 10 heteroatoms. The maximum atomic E-state index is 12.1. The SMILES string of the molecule is O=S(=O)(c1c[c]cc(OC(F)(F)F)c1)C(F)(F)F. The van der Waals surface area contributed by atoms with Crippen molar-refractivity contribution in [1.29, 1.82) is 0 Å². The van der Waals surface area contributed by atoms with Crippen molar-refractivity contribution in [2.24, 2.45) is 0 Å². The number of hydrogen-bond acceptors (Lipinski definition) is 3. The molecule has 0 aliphatic heterocycles. The van der Waals surface area contributed by atoms with Crippen LogP contribution in [-0.2, 0) is 9.84 Å². The lowest BCUT2D eigenvalue weighted by atomic mass is 10.3. The Morgan fingerprint density at radius 1 is 1.06 bits per heavy atom. The van der Waals surface area contributed by atoms with Crippen molar-refractivity contribution < 1.29 is 39.5 Å². The Morgan fingerprint density at radius 2 is 1.61 bits per heavy atom. The smallest absolute Gasteiger partial charge is 0.406 e. The fraction of sp³-hybridized carbons (Fsp3) is 0.250. The van der Waals surface area contributed by atoms with Gasteiger partial charge in [-0.15, -0.1) is 13.2 Å². The predicted molar refractivity (Wildman–Crippen MR) is 45.2 cm³/mol. The zero-order valence-electron chi connectivity index (χ0n) is 8.13. The normalized spacial score (nSPS) is 13.4. The average molecular weight is 293 g/mol. The predicted octanol–water partition coefficient (Wildman–Crippen LogP) is 2.68. The summed E-state index contributed by atoms with van der Waals surface area (Å²) in [5, 5.41) is 0. The fourth-order valence-corrected chi connectivity index (χ4v) is 1.67. The quantitative estimate of drug-likeness (QED) is 0.787. The lowest BCUT2D eigenvalue weighted by Gasteiger charge is -2.11. The highest BCUT2D eigenvalue weighted by molar-refractivity contribution is 7.92. The van der Waals surface area contributed by atoms with Crippen LogP contribution in [0.1, 0.15) is 0 Å². The van der Waals surface area contributed by atoms with E-state index in [4.69, 9.17) is 0 Å². The van der Waals surface area contributed by atoms with Crippen LogP contribution in [0.4, 0.5) is 26.3 Å². The van der Waals surface area contributed by atoms with Crippen molar-refractivity contribution in [3.63, 3.8) is 0 Å². The number of alkyl halides is 6. The molecule has 0 bridgehead atoms. The highest BCUT2D eigenvalue weighted by Gasteiger charge is 2.47. The van der Waals surface area contributed by atoms with Gasteiger partial charge in [0.05, 0.1) is 4.90 Å². The van der Waals surface area contributed by atoms with E-state index in [0.29, 0.717) is 12.1 Å². The second-order valence-electron chi connectivity index (χ2n) is 2.90. The van der Waals surface area contributed by atoms with Crippen molar-refractivity contribution in [3.05, 3.63) is 24.3 Å². The van der Waals surface area contributed by atoms with Crippen molar-refractivity contribution in [2.45, 2.75) is 16.8 Å². The largest absolute Gasteiger partial charge is 0.573 e. The van der Waals surface area contributed by atoms with Crippen molar-refractivity contribution in [1.82, 2.24) is 0 Å². The van der Waals surface area contributed by atoms with Gasteiger partial charge in [0, 0.05) is 0 Å². The molecule has 0 spiro atoms. The van der Waals surface area contributed by atoms with Gasteiger partial charge in [0.25, 0.3) is 9.84 Å². The minimum absolute atomic E-state index is 0.118. The number of halogens is 6. The molecular weight excluding hydrogens is 290 g/mol. The van der Waals surface area contributed by atoms with E-state index >= 15 is 0 Å². The first kappa shape index (κ1) is 14.6. The minimum atomic E-state index is -5.73. The molecule has 0 atom stereocenters. The highest BCUT2D eigenvalue weighted by Crippen LogP contribution is 2.32. The standard InChI is InChI=1S/C8H3F6O3S/c9-7(10,11)17-5-2-1-3-6(4-5)18(15,16)8(12,13)14/h2-4H. The van der Waals surface area contributed by atoms with E-state index in [2.05, 4.69) is 4.74 Å². The Hall–Kier alpha value is -1.45. The van der Waals surface area contributed by atoms with Gasteiger partial charge in [0.1, 0.15) is 5.75 Å². The fourth-order valence-electron chi connectivity index (χ4n) is 0.911. The van der Waals surface area contributed by atoms with E-state index in [1.165, 1.54) is 0 Å². The Morgan fingerprint density at radius 3 is 2.06 bits per heavy atom. The van der Waals surface area contributed by atoms with E-state index in [1.54, 1.807) is 0 Å². The molecule has 0 heterocycles. The van der Waals surface area contributed by atoms with Crippen molar-refractivity contribution >= 4 is 9.84 Å². The Labute approximate surface area is 96.9 Å². The summed E-state index contributed by atoms with van der Waals surface area (Å²) in [4.78, 5) is -1.38. The van der Waals surface area contributed by atoms with Gasteiger partial charge in [0.15, 0.2) is 0 Å². The molecular formula is C8H3F6O3S. The third-order valence-corrected chi connectivity index (χ3v) is 3.05. The summed E-state index contributed by atoms with van der Waals surface area (Å²) in [6, 6.07) is 2.90. The number of sulfone groups is 1. The maximum absolute atomic E-state index is 12.1. The zero-order valence-corrected chi connectivity index (χ0v) is 8.95. The molecule has 0 aliphatic rings. The Kier molecular flexibility index (Phi) is 3.52. The molecule has 0 aliphatic carbocycles. The van der Waals surface area contributed by atoms with Crippen molar-refractivity contribution in [2.75, 3.05) is 0 Å². The summed E-state index contributed by atoms with van der Waals surface area (Å²) >= 11 is 0. The van der Waals surface area contributed by atoms with Gasteiger partial charge < -0.3 is 4.74 Å². The summed E-state index contributed by atoms with van der Waals surface area (Å²) in [6.07, 6.45) is -5.14. The van der Waals surface area contributed by atoms with Gasteiger partial charge in [-0.3, -0.25) is 0 Å². The monoisotopic (exact) mass is 293 g/mol. The molecule has 101 valence electrons. The molecule has 1 aromatic rings. The molecule has 0 saturated heterocycles.